The Hall–Kier alpha value is -0.580. The summed E-state index contributed by atoms with van der Waals surface area (Å²) in [6.45, 7) is 4.46. The van der Waals surface area contributed by atoms with Crippen LogP contribution in [0.5, 0.6) is 5.75 Å². The average molecular weight is 327 g/mol. The van der Waals surface area contributed by atoms with Crippen LogP contribution in [0.15, 0.2) is 22.7 Å². The molecule has 1 aromatic carbocycles. The second-order valence-electron chi connectivity index (χ2n) is 5.26. The molecule has 1 saturated heterocycles. The molecule has 1 aliphatic rings. The van der Waals surface area contributed by atoms with Crippen molar-refractivity contribution in [2.75, 3.05) is 33.8 Å². The molecule has 0 radical (unpaired) electrons. The summed E-state index contributed by atoms with van der Waals surface area (Å²) in [6, 6.07) is 6.23. The molecule has 1 unspecified atom stereocenters. The third-order valence-electron chi connectivity index (χ3n) is 3.73. The molecule has 1 heterocycles. The molecule has 1 aliphatic heterocycles. The van der Waals surface area contributed by atoms with Gasteiger partial charge in [0, 0.05) is 23.1 Å². The third-order valence-corrected chi connectivity index (χ3v) is 4.23. The van der Waals surface area contributed by atoms with Gasteiger partial charge in [0.25, 0.3) is 0 Å². The second kappa shape index (κ2) is 7.27. The summed E-state index contributed by atoms with van der Waals surface area (Å²) >= 11 is 3.54. The van der Waals surface area contributed by atoms with E-state index in [1.54, 1.807) is 7.11 Å². The maximum absolute atomic E-state index is 5.46. The largest absolute Gasteiger partial charge is 0.496 e. The fourth-order valence-electron chi connectivity index (χ4n) is 2.86. The topological polar surface area (TPSA) is 24.5 Å². The van der Waals surface area contributed by atoms with E-state index in [-0.39, 0.29) is 0 Å². The summed E-state index contributed by atoms with van der Waals surface area (Å²) in [6.07, 6.45) is 2.63. The number of rotatable bonds is 5. The normalized spacial score (nSPS) is 20.5. The van der Waals surface area contributed by atoms with Crippen LogP contribution in [0, 0.1) is 5.92 Å². The van der Waals surface area contributed by atoms with Crippen molar-refractivity contribution in [1.82, 2.24) is 10.2 Å². The van der Waals surface area contributed by atoms with Gasteiger partial charge in [0.1, 0.15) is 5.75 Å². The molecule has 3 nitrogen and oxygen atoms in total. The van der Waals surface area contributed by atoms with E-state index in [0.29, 0.717) is 0 Å². The van der Waals surface area contributed by atoms with E-state index < -0.39 is 0 Å². The standard InChI is InChI=1S/C15H23BrN2O/c1-17-9-12-4-3-7-18(10-12)11-13-8-14(16)5-6-15(13)19-2/h5-6,8,12,17H,3-4,7,9-11H2,1-2H3. The van der Waals surface area contributed by atoms with Crippen LogP contribution in [-0.2, 0) is 6.54 Å². The van der Waals surface area contributed by atoms with Gasteiger partial charge in [-0.15, -0.1) is 0 Å². The van der Waals surface area contributed by atoms with Crippen LogP contribution in [0.3, 0.4) is 0 Å². The van der Waals surface area contributed by atoms with Gasteiger partial charge in [0.15, 0.2) is 0 Å². The second-order valence-corrected chi connectivity index (χ2v) is 6.17. The molecular weight excluding hydrogens is 304 g/mol. The first-order chi connectivity index (χ1) is 9.22. The van der Waals surface area contributed by atoms with Gasteiger partial charge >= 0.3 is 0 Å². The highest BCUT2D eigenvalue weighted by Gasteiger charge is 2.20. The van der Waals surface area contributed by atoms with Gasteiger partial charge in [0.05, 0.1) is 7.11 Å². The lowest BCUT2D eigenvalue weighted by Gasteiger charge is -2.33. The monoisotopic (exact) mass is 326 g/mol. The molecule has 1 atom stereocenters. The zero-order chi connectivity index (χ0) is 13.7. The summed E-state index contributed by atoms with van der Waals surface area (Å²) in [5, 5.41) is 3.29. The number of hydrogen-bond donors (Lipinski definition) is 1. The lowest BCUT2D eigenvalue weighted by atomic mass is 9.97. The van der Waals surface area contributed by atoms with Crippen molar-refractivity contribution < 1.29 is 4.74 Å². The minimum Gasteiger partial charge on any atom is -0.496 e. The van der Waals surface area contributed by atoms with Gasteiger partial charge in [-0.25, -0.2) is 0 Å². The van der Waals surface area contributed by atoms with Crippen molar-refractivity contribution in [3.8, 4) is 5.75 Å². The van der Waals surface area contributed by atoms with E-state index in [0.717, 1.165) is 29.2 Å². The summed E-state index contributed by atoms with van der Waals surface area (Å²) in [4.78, 5) is 2.54. The van der Waals surface area contributed by atoms with E-state index in [9.17, 15) is 0 Å². The van der Waals surface area contributed by atoms with Gasteiger partial charge in [-0.3, -0.25) is 4.90 Å². The minimum absolute atomic E-state index is 0.775. The number of benzene rings is 1. The highest BCUT2D eigenvalue weighted by atomic mass is 79.9. The molecule has 0 aliphatic carbocycles. The molecule has 0 aromatic heterocycles. The molecule has 0 bridgehead atoms. The summed E-state index contributed by atoms with van der Waals surface area (Å²) < 4.78 is 6.57. The highest BCUT2D eigenvalue weighted by Crippen LogP contribution is 2.26. The molecule has 1 aromatic rings. The molecule has 1 N–H and O–H groups in total. The van der Waals surface area contributed by atoms with Crippen LogP contribution in [0.4, 0.5) is 0 Å². The molecule has 0 spiro atoms. The number of methoxy groups -OCH3 is 1. The molecule has 4 heteroatoms. The lowest BCUT2D eigenvalue weighted by Crippen LogP contribution is -2.38. The van der Waals surface area contributed by atoms with Crippen molar-refractivity contribution in [2.24, 2.45) is 5.92 Å². The predicted molar refractivity (Wildman–Crippen MR) is 82.6 cm³/mol. The molecule has 19 heavy (non-hydrogen) atoms. The third kappa shape index (κ3) is 4.20. The highest BCUT2D eigenvalue weighted by molar-refractivity contribution is 9.10. The molecule has 0 amide bonds. The minimum atomic E-state index is 0.775. The van der Waals surface area contributed by atoms with Crippen molar-refractivity contribution in [3.63, 3.8) is 0 Å². The SMILES string of the molecule is CNCC1CCCN(Cc2cc(Br)ccc2OC)C1. The first kappa shape index (κ1) is 14.8. The first-order valence-electron chi connectivity index (χ1n) is 6.92. The van der Waals surface area contributed by atoms with Crippen LogP contribution in [0.1, 0.15) is 18.4 Å². The van der Waals surface area contributed by atoms with Crippen molar-refractivity contribution in [1.29, 1.82) is 0 Å². The summed E-state index contributed by atoms with van der Waals surface area (Å²) in [5.41, 5.74) is 1.27. The Morgan fingerprint density at radius 2 is 2.32 bits per heavy atom. The predicted octanol–water partition coefficient (Wildman–Crippen LogP) is 2.89. The Balaban J connectivity index is 2.01. The Morgan fingerprint density at radius 3 is 3.05 bits per heavy atom. The number of halogens is 1. The van der Waals surface area contributed by atoms with Crippen LogP contribution in [0.25, 0.3) is 0 Å². The van der Waals surface area contributed by atoms with Gasteiger partial charge in [-0.05, 0) is 57.1 Å². The summed E-state index contributed by atoms with van der Waals surface area (Å²) in [5.74, 6) is 1.76. The molecule has 2 rings (SSSR count). The van der Waals surface area contributed by atoms with E-state index in [1.165, 1.54) is 31.5 Å². The Morgan fingerprint density at radius 1 is 1.47 bits per heavy atom. The average Bonchev–Trinajstić information content (AvgIpc) is 2.40. The fraction of sp³-hybridized carbons (Fsp3) is 0.600. The molecular formula is C15H23BrN2O. The number of nitrogens with zero attached hydrogens (tertiary/aromatic N) is 1. The smallest absolute Gasteiger partial charge is 0.123 e. The van der Waals surface area contributed by atoms with Crippen molar-refractivity contribution in [3.05, 3.63) is 28.2 Å². The van der Waals surface area contributed by atoms with Crippen LogP contribution in [0.2, 0.25) is 0 Å². The van der Waals surface area contributed by atoms with Crippen LogP contribution >= 0.6 is 15.9 Å². The zero-order valence-electron chi connectivity index (χ0n) is 11.8. The number of piperidine rings is 1. The fourth-order valence-corrected chi connectivity index (χ4v) is 3.27. The summed E-state index contributed by atoms with van der Waals surface area (Å²) in [7, 11) is 3.78. The molecule has 106 valence electrons. The van der Waals surface area contributed by atoms with E-state index >= 15 is 0 Å². The number of hydrogen-bond acceptors (Lipinski definition) is 3. The maximum atomic E-state index is 5.46. The van der Waals surface area contributed by atoms with Crippen molar-refractivity contribution in [2.45, 2.75) is 19.4 Å². The van der Waals surface area contributed by atoms with Crippen LogP contribution in [-0.4, -0.2) is 38.7 Å². The Bertz CT molecular complexity index is 409. The van der Waals surface area contributed by atoms with E-state index in [2.05, 4.69) is 32.2 Å². The van der Waals surface area contributed by atoms with E-state index in [1.807, 2.05) is 19.2 Å². The lowest BCUT2D eigenvalue weighted by molar-refractivity contribution is 0.165. The van der Waals surface area contributed by atoms with Gasteiger partial charge < -0.3 is 10.1 Å². The zero-order valence-corrected chi connectivity index (χ0v) is 13.4. The first-order valence-corrected chi connectivity index (χ1v) is 7.71. The van der Waals surface area contributed by atoms with Gasteiger partial charge in [-0.2, -0.15) is 0 Å². The van der Waals surface area contributed by atoms with E-state index in [4.69, 9.17) is 4.74 Å². The number of likely N-dealkylation sites (tertiary alicyclic amines) is 1. The molecule has 0 saturated carbocycles. The maximum Gasteiger partial charge on any atom is 0.123 e. The Labute approximate surface area is 124 Å². The number of nitrogens with one attached hydrogen (secondary N) is 1. The molecule has 1 fully saturated rings. The Kier molecular flexibility index (Phi) is 5.67. The van der Waals surface area contributed by atoms with Crippen molar-refractivity contribution >= 4 is 15.9 Å². The van der Waals surface area contributed by atoms with Gasteiger partial charge in [0.2, 0.25) is 0 Å². The van der Waals surface area contributed by atoms with Gasteiger partial charge in [-0.1, -0.05) is 15.9 Å². The van der Waals surface area contributed by atoms with Crippen LogP contribution < -0.4 is 10.1 Å². The quantitative estimate of drug-likeness (QED) is 0.900. The number of ether oxygens (including phenoxy) is 1.